The lowest BCUT2D eigenvalue weighted by Gasteiger charge is -2.18. The molecule has 4 rings (SSSR count). The van der Waals surface area contributed by atoms with Gasteiger partial charge in [-0.3, -0.25) is 14.4 Å². The van der Waals surface area contributed by atoms with Gasteiger partial charge in [0.1, 0.15) is 0 Å². The number of benzene rings is 2. The first-order valence-electron chi connectivity index (χ1n) is 10.3. The van der Waals surface area contributed by atoms with Crippen LogP contribution in [0.1, 0.15) is 22.3 Å². The molecular weight excluding hydrogens is 437 g/mol. The molecule has 1 aromatic heterocycles. The molecule has 33 heavy (non-hydrogen) atoms. The summed E-state index contributed by atoms with van der Waals surface area (Å²) in [5.41, 5.74) is 0.605. The zero-order valence-corrected chi connectivity index (χ0v) is 17.4. The van der Waals surface area contributed by atoms with Crippen LogP contribution in [0.5, 0.6) is 0 Å². The highest BCUT2D eigenvalue weighted by atomic mass is 19.4. The van der Waals surface area contributed by atoms with Crippen LogP contribution in [0, 0.1) is 5.92 Å². The van der Waals surface area contributed by atoms with Crippen molar-refractivity contribution in [1.29, 1.82) is 0 Å². The van der Waals surface area contributed by atoms with E-state index < -0.39 is 23.6 Å². The van der Waals surface area contributed by atoms with E-state index in [1.807, 2.05) is 6.07 Å². The van der Waals surface area contributed by atoms with Crippen molar-refractivity contribution in [2.45, 2.75) is 12.6 Å². The highest BCUT2D eigenvalue weighted by Crippen LogP contribution is 2.33. The molecule has 0 spiro atoms. The van der Waals surface area contributed by atoms with E-state index in [0.717, 1.165) is 23.0 Å². The van der Waals surface area contributed by atoms with Crippen LogP contribution in [0.3, 0.4) is 0 Å². The zero-order chi connectivity index (χ0) is 23.6. The van der Waals surface area contributed by atoms with Gasteiger partial charge in [-0.25, -0.2) is 0 Å². The maximum atomic E-state index is 13.0. The molecule has 3 N–H and O–H groups in total. The molecule has 2 aromatic carbocycles. The Kier molecular flexibility index (Phi) is 6.08. The second-order valence-electron chi connectivity index (χ2n) is 7.74. The molecule has 0 saturated carbocycles. The highest BCUT2D eigenvalue weighted by Gasteiger charge is 2.36. The molecule has 1 aliphatic heterocycles. The quantitative estimate of drug-likeness (QED) is 0.496. The van der Waals surface area contributed by atoms with Crippen molar-refractivity contribution in [1.82, 2.24) is 15.6 Å². The number of carbonyl (C=O) groups excluding carboxylic acids is 3. The van der Waals surface area contributed by atoms with Gasteiger partial charge in [0, 0.05) is 54.4 Å². The van der Waals surface area contributed by atoms with Gasteiger partial charge in [-0.1, -0.05) is 12.1 Å². The van der Waals surface area contributed by atoms with E-state index in [2.05, 4.69) is 15.6 Å². The number of nitrogens with one attached hydrogen (secondary N) is 3. The molecular formula is C23H21F3N4O3. The average molecular weight is 458 g/mol. The van der Waals surface area contributed by atoms with E-state index >= 15 is 0 Å². The number of nitrogens with zero attached hydrogens (tertiary/aromatic N) is 1. The van der Waals surface area contributed by atoms with Crippen molar-refractivity contribution in [3.8, 4) is 0 Å². The number of hydrogen-bond donors (Lipinski definition) is 3. The van der Waals surface area contributed by atoms with Crippen LogP contribution in [0.25, 0.3) is 10.9 Å². The van der Waals surface area contributed by atoms with Gasteiger partial charge >= 0.3 is 6.18 Å². The Morgan fingerprint density at radius 3 is 2.61 bits per heavy atom. The maximum absolute atomic E-state index is 13.0. The lowest BCUT2D eigenvalue weighted by atomic mass is 10.1. The Morgan fingerprint density at radius 2 is 1.82 bits per heavy atom. The maximum Gasteiger partial charge on any atom is 0.416 e. The fourth-order valence-electron chi connectivity index (χ4n) is 3.87. The summed E-state index contributed by atoms with van der Waals surface area (Å²) in [5.74, 6) is -1.76. The van der Waals surface area contributed by atoms with Gasteiger partial charge < -0.3 is 20.5 Å². The Morgan fingerprint density at radius 1 is 1.06 bits per heavy atom. The first-order chi connectivity index (χ1) is 15.7. The second kappa shape index (κ2) is 8.97. The summed E-state index contributed by atoms with van der Waals surface area (Å²) in [5, 5.41) is 6.20. The summed E-state index contributed by atoms with van der Waals surface area (Å²) in [6, 6.07) is 11.6. The first kappa shape index (κ1) is 22.4. The van der Waals surface area contributed by atoms with Crippen molar-refractivity contribution < 1.29 is 27.6 Å². The molecule has 3 aromatic rings. The Labute approximate surface area is 186 Å². The summed E-state index contributed by atoms with van der Waals surface area (Å²) >= 11 is 0. The molecule has 1 fully saturated rings. The third kappa shape index (κ3) is 4.84. The van der Waals surface area contributed by atoms with E-state index in [-0.39, 0.29) is 43.6 Å². The van der Waals surface area contributed by atoms with Crippen molar-refractivity contribution in [3.05, 3.63) is 65.9 Å². The molecule has 0 radical (unpaired) electrons. The number of alkyl halides is 3. The van der Waals surface area contributed by atoms with Gasteiger partial charge in [-0.05, 0) is 36.4 Å². The number of hydrogen-bond acceptors (Lipinski definition) is 3. The van der Waals surface area contributed by atoms with E-state index in [0.29, 0.717) is 5.56 Å². The standard InChI is InChI=1S/C23H21F3N4O3/c24-23(25,26)15-3-1-4-16(12-15)30-13-14(11-20(30)31)21(32)28-9-10-29-22(33)18-5-2-6-19-17(18)7-8-27-19/h1-8,12,14,27H,9-11,13H2,(H,28,32)(H,29,33). The molecule has 172 valence electrons. The SMILES string of the molecule is O=C(NCCNC(=O)C1CC(=O)N(c2cccc(C(F)(F)F)c2)C1)c1cccc2[nH]ccc12. The largest absolute Gasteiger partial charge is 0.416 e. The van der Waals surface area contributed by atoms with Crippen molar-refractivity contribution in [2.75, 3.05) is 24.5 Å². The minimum Gasteiger partial charge on any atom is -0.361 e. The summed E-state index contributed by atoms with van der Waals surface area (Å²) < 4.78 is 38.9. The van der Waals surface area contributed by atoms with Crippen molar-refractivity contribution in [2.24, 2.45) is 5.92 Å². The van der Waals surface area contributed by atoms with E-state index in [9.17, 15) is 27.6 Å². The van der Waals surface area contributed by atoms with Crippen LogP contribution in [-0.4, -0.2) is 42.3 Å². The van der Waals surface area contributed by atoms with Crippen LogP contribution in [0.4, 0.5) is 18.9 Å². The number of fused-ring (bicyclic) bond motifs is 1. The minimum atomic E-state index is -4.52. The molecule has 0 aliphatic carbocycles. The molecule has 0 bridgehead atoms. The predicted molar refractivity (Wildman–Crippen MR) is 116 cm³/mol. The Hall–Kier alpha value is -3.82. The lowest BCUT2D eigenvalue weighted by molar-refractivity contribution is -0.137. The first-order valence-corrected chi connectivity index (χ1v) is 10.3. The predicted octanol–water partition coefficient (Wildman–Crippen LogP) is 3.09. The normalized spacial score (nSPS) is 16.3. The zero-order valence-electron chi connectivity index (χ0n) is 17.4. The third-order valence-corrected chi connectivity index (χ3v) is 5.53. The van der Waals surface area contributed by atoms with Crippen LogP contribution in [-0.2, 0) is 15.8 Å². The molecule has 2 heterocycles. The monoisotopic (exact) mass is 458 g/mol. The number of halogens is 3. The van der Waals surface area contributed by atoms with Crippen LogP contribution >= 0.6 is 0 Å². The van der Waals surface area contributed by atoms with Crippen LogP contribution in [0.2, 0.25) is 0 Å². The number of anilines is 1. The van der Waals surface area contributed by atoms with Gasteiger partial charge in [-0.2, -0.15) is 13.2 Å². The topological polar surface area (TPSA) is 94.3 Å². The van der Waals surface area contributed by atoms with Crippen molar-refractivity contribution in [3.63, 3.8) is 0 Å². The van der Waals surface area contributed by atoms with Gasteiger partial charge in [0.05, 0.1) is 11.5 Å². The Bertz CT molecular complexity index is 1200. The molecule has 10 heteroatoms. The Balaban J connectivity index is 1.29. The van der Waals surface area contributed by atoms with Crippen LogP contribution in [0.15, 0.2) is 54.7 Å². The fraction of sp³-hybridized carbons (Fsp3) is 0.261. The van der Waals surface area contributed by atoms with Crippen molar-refractivity contribution >= 4 is 34.3 Å². The van der Waals surface area contributed by atoms with Gasteiger partial charge in [0.25, 0.3) is 5.91 Å². The second-order valence-corrected chi connectivity index (χ2v) is 7.74. The third-order valence-electron chi connectivity index (χ3n) is 5.53. The molecule has 1 aliphatic rings. The average Bonchev–Trinajstić information content (AvgIpc) is 3.42. The number of aromatic nitrogens is 1. The summed E-state index contributed by atoms with van der Waals surface area (Å²) in [6.07, 6.45) is -2.87. The van der Waals surface area contributed by atoms with E-state index in [1.165, 1.54) is 17.0 Å². The number of amides is 3. The minimum absolute atomic E-state index is 0.00613. The van der Waals surface area contributed by atoms with E-state index in [1.54, 1.807) is 24.4 Å². The molecule has 3 amide bonds. The molecule has 7 nitrogen and oxygen atoms in total. The van der Waals surface area contributed by atoms with Gasteiger partial charge in [0.2, 0.25) is 11.8 Å². The summed E-state index contributed by atoms with van der Waals surface area (Å²) in [7, 11) is 0. The number of rotatable bonds is 6. The summed E-state index contributed by atoms with van der Waals surface area (Å²) in [6.45, 7) is 0.332. The highest BCUT2D eigenvalue weighted by molar-refractivity contribution is 6.06. The summed E-state index contributed by atoms with van der Waals surface area (Å²) in [4.78, 5) is 41.4. The number of aromatic amines is 1. The molecule has 1 saturated heterocycles. The molecule has 1 unspecified atom stereocenters. The van der Waals surface area contributed by atoms with Gasteiger partial charge in [0.15, 0.2) is 0 Å². The lowest BCUT2D eigenvalue weighted by Crippen LogP contribution is -2.38. The smallest absolute Gasteiger partial charge is 0.361 e. The van der Waals surface area contributed by atoms with Gasteiger partial charge in [-0.15, -0.1) is 0 Å². The number of carbonyl (C=O) groups is 3. The van der Waals surface area contributed by atoms with Crippen LogP contribution < -0.4 is 15.5 Å². The fourth-order valence-corrected chi connectivity index (χ4v) is 3.87. The molecule has 1 atom stereocenters. The van der Waals surface area contributed by atoms with E-state index in [4.69, 9.17) is 0 Å². The number of H-pyrrole nitrogens is 1.